The van der Waals surface area contributed by atoms with E-state index in [9.17, 15) is 14.9 Å². The average molecular weight is 249 g/mol. The molecular formula is C12H15N3O3. The van der Waals surface area contributed by atoms with Gasteiger partial charge in [-0.15, -0.1) is 0 Å². The molecule has 0 aromatic heterocycles. The van der Waals surface area contributed by atoms with Crippen molar-refractivity contribution in [2.24, 2.45) is 16.6 Å². The lowest BCUT2D eigenvalue weighted by molar-refractivity contribution is -0.430. The predicted octanol–water partition coefficient (Wildman–Crippen LogP) is 1.22. The first-order valence-corrected chi connectivity index (χ1v) is 6.08. The van der Waals surface area contributed by atoms with Gasteiger partial charge in [-0.25, -0.2) is 4.79 Å². The van der Waals surface area contributed by atoms with Crippen LogP contribution in [0, 0.1) is 16.0 Å². The molecule has 2 aliphatic rings. The fourth-order valence-electron chi connectivity index (χ4n) is 2.58. The highest BCUT2D eigenvalue weighted by Crippen LogP contribution is 2.34. The lowest BCUT2D eigenvalue weighted by Gasteiger charge is -2.24. The first kappa shape index (κ1) is 12.7. The van der Waals surface area contributed by atoms with Crippen LogP contribution < -0.4 is 5.73 Å². The van der Waals surface area contributed by atoms with Crippen molar-refractivity contribution >= 4 is 12.2 Å². The summed E-state index contributed by atoms with van der Waals surface area (Å²) >= 11 is 0. The third-order valence-corrected chi connectivity index (χ3v) is 3.54. The zero-order chi connectivity index (χ0) is 13.1. The largest absolute Gasteiger partial charge is 0.314 e. The number of nitro groups is 1. The van der Waals surface area contributed by atoms with Crippen molar-refractivity contribution < 1.29 is 9.72 Å². The number of rotatable bonds is 2. The lowest BCUT2D eigenvalue weighted by atomic mass is 9.84. The highest BCUT2D eigenvalue weighted by molar-refractivity contribution is 5.93. The number of nitrogens with two attached hydrogens (primary N) is 1. The molecular weight excluding hydrogens is 234 g/mol. The van der Waals surface area contributed by atoms with Gasteiger partial charge in [-0.05, 0) is 12.8 Å². The van der Waals surface area contributed by atoms with Gasteiger partial charge in [0.05, 0.1) is 10.5 Å². The minimum atomic E-state index is -1.01. The number of nitrogens with zero attached hydrogens (tertiary/aromatic N) is 2. The van der Waals surface area contributed by atoms with Crippen molar-refractivity contribution in [1.82, 2.24) is 0 Å². The quantitative estimate of drug-likeness (QED) is 0.452. The molecule has 1 atom stereocenters. The second kappa shape index (κ2) is 5.25. The minimum Gasteiger partial charge on any atom is -0.314 e. The van der Waals surface area contributed by atoms with E-state index in [0.29, 0.717) is 5.70 Å². The SMILES string of the molecule is NC1C(=C=O)C=NC(C2CCCCC2)=C1[N+](=O)[O-]. The molecule has 6 nitrogen and oxygen atoms in total. The molecule has 0 bridgehead atoms. The van der Waals surface area contributed by atoms with Crippen LogP contribution in [0.25, 0.3) is 0 Å². The van der Waals surface area contributed by atoms with Gasteiger partial charge >= 0.3 is 0 Å². The molecule has 1 aliphatic carbocycles. The third-order valence-electron chi connectivity index (χ3n) is 3.54. The van der Waals surface area contributed by atoms with Crippen molar-refractivity contribution in [2.45, 2.75) is 38.1 Å². The van der Waals surface area contributed by atoms with Gasteiger partial charge in [0.25, 0.3) is 5.70 Å². The van der Waals surface area contributed by atoms with Crippen LogP contribution >= 0.6 is 0 Å². The predicted molar refractivity (Wildman–Crippen MR) is 66.3 cm³/mol. The van der Waals surface area contributed by atoms with E-state index >= 15 is 0 Å². The van der Waals surface area contributed by atoms with Crippen LogP contribution in [0.5, 0.6) is 0 Å². The van der Waals surface area contributed by atoms with Gasteiger partial charge in [-0.2, -0.15) is 0 Å². The molecule has 1 saturated carbocycles. The van der Waals surface area contributed by atoms with Gasteiger partial charge < -0.3 is 5.73 Å². The van der Waals surface area contributed by atoms with Crippen LogP contribution in [-0.2, 0) is 4.79 Å². The van der Waals surface area contributed by atoms with E-state index in [0.717, 1.165) is 32.1 Å². The Hall–Kier alpha value is -1.78. The van der Waals surface area contributed by atoms with Gasteiger partial charge in [0.2, 0.25) is 0 Å². The minimum absolute atomic E-state index is 0.0428. The van der Waals surface area contributed by atoms with Crippen LogP contribution in [0.3, 0.4) is 0 Å². The van der Waals surface area contributed by atoms with Gasteiger partial charge in [0.1, 0.15) is 17.7 Å². The molecule has 0 aromatic carbocycles. The molecule has 1 aliphatic heterocycles. The number of hydrogen-bond donors (Lipinski definition) is 1. The molecule has 0 saturated heterocycles. The fraction of sp³-hybridized carbons (Fsp3) is 0.583. The Kier molecular flexibility index (Phi) is 3.69. The highest BCUT2D eigenvalue weighted by atomic mass is 16.6. The molecule has 0 amide bonds. The van der Waals surface area contributed by atoms with E-state index in [-0.39, 0.29) is 17.2 Å². The van der Waals surface area contributed by atoms with Crippen LogP contribution in [0.15, 0.2) is 22.0 Å². The summed E-state index contributed by atoms with van der Waals surface area (Å²) in [6.45, 7) is 0. The van der Waals surface area contributed by atoms with Crippen molar-refractivity contribution in [2.75, 3.05) is 0 Å². The normalized spacial score (nSPS) is 25.2. The van der Waals surface area contributed by atoms with Crippen LogP contribution in [0.4, 0.5) is 0 Å². The molecule has 0 spiro atoms. The Morgan fingerprint density at radius 3 is 2.61 bits per heavy atom. The molecule has 1 fully saturated rings. The molecule has 2 rings (SSSR count). The van der Waals surface area contributed by atoms with Crippen LogP contribution in [-0.4, -0.2) is 23.1 Å². The molecule has 6 heteroatoms. The second-order valence-electron chi connectivity index (χ2n) is 4.66. The second-order valence-corrected chi connectivity index (χ2v) is 4.66. The Labute approximate surface area is 104 Å². The van der Waals surface area contributed by atoms with E-state index in [1.165, 1.54) is 6.21 Å². The number of carbonyl (C=O) groups excluding carboxylic acids is 1. The number of hydrogen-bond acceptors (Lipinski definition) is 5. The van der Waals surface area contributed by atoms with Gasteiger partial charge in [0.15, 0.2) is 0 Å². The van der Waals surface area contributed by atoms with Gasteiger partial charge in [-0.1, -0.05) is 19.3 Å². The third kappa shape index (κ3) is 2.25. The first-order chi connectivity index (χ1) is 8.65. The standard InChI is InChI=1S/C12H15N3O3/c13-10-9(7-16)6-14-11(12(10)15(17)18)8-4-2-1-3-5-8/h6,8,10H,1-5,13H2. The summed E-state index contributed by atoms with van der Waals surface area (Å²) in [5.41, 5.74) is 6.10. The maximum absolute atomic E-state index is 11.1. The Balaban J connectivity index is 2.40. The summed E-state index contributed by atoms with van der Waals surface area (Å²) in [6.07, 6.45) is 6.38. The summed E-state index contributed by atoms with van der Waals surface area (Å²) < 4.78 is 0. The van der Waals surface area contributed by atoms with E-state index in [2.05, 4.69) is 4.99 Å². The molecule has 96 valence electrons. The molecule has 2 N–H and O–H groups in total. The fourth-order valence-corrected chi connectivity index (χ4v) is 2.58. The van der Waals surface area contributed by atoms with Crippen LogP contribution in [0.2, 0.25) is 0 Å². The van der Waals surface area contributed by atoms with Crippen molar-refractivity contribution in [3.05, 3.63) is 27.1 Å². The van der Waals surface area contributed by atoms with E-state index < -0.39 is 11.0 Å². The molecule has 1 unspecified atom stereocenters. The number of aliphatic imine (C=N–C) groups is 1. The highest BCUT2D eigenvalue weighted by Gasteiger charge is 2.36. The maximum atomic E-state index is 11.1. The van der Waals surface area contributed by atoms with Crippen LogP contribution in [0.1, 0.15) is 32.1 Å². The Morgan fingerprint density at radius 2 is 2.06 bits per heavy atom. The van der Waals surface area contributed by atoms with Crippen molar-refractivity contribution in [1.29, 1.82) is 0 Å². The maximum Gasteiger partial charge on any atom is 0.289 e. The van der Waals surface area contributed by atoms with E-state index in [1.807, 2.05) is 0 Å². The van der Waals surface area contributed by atoms with Gasteiger partial charge in [0, 0.05) is 12.1 Å². The molecule has 0 radical (unpaired) electrons. The molecule has 1 heterocycles. The lowest BCUT2D eigenvalue weighted by Crippen LogP contribution is -2.35. The summed E-state index contributed by atoms with van der Waals surface area (Å²) in [6, 6.07) is -1.01. The van der Waals surface area contributed by atoms with Crippen molar-refractivity contribution in [3.8, 4) is 0 Å². The topological polar surface area (TPSA) is 98.6 Å². The summed E-state index contributed by atoms with van der Waals surface area (Å²) in [7, 11) is 0. The molecule has 0 aromatic rings. The smallest absolute Gasteiger partial charge is 0.289 e. The zero-order valence-electron chi connectivity index (χ0n) is 9.96. The average Bonchev–Trinajstić information content (AvgIpc) is 2.39. The molecule has 18 heavy (non-hydrogen) atoms. The van der Waals surface area contributed by atoms with E-state index in [4.69, 9.17) is 5.73 Å². The zero-order valence-corrected chi connectivity index (χ0v) is 9.96. The van der Waals surface area contributed by atoms with Crippen molar-refractivity contribution in [3.63, 3.8) is 0 Å². The summed E-state index contributed by atoms with van der Waals surface area (Å²) in [5, 5.41) is 11.1. The van der Waals surface area contributed by atoms with E-state index in [1.54, 1.807) is 5.94 Å². The Bertz CT molecular complexity index is 469. The monoisotopic (exact) mass is 249 g/mol. The summed E-state index contributed by atoms with van der Waals surface area (Å²) in [4.78, 5) is 25.4. The van der Waals surface area contributed by atoms with Gasteiger partial charge in [-0.3, -0.25) is 15.1 Å². The number of allylic oxidation sites excluding steroid dienone is 1. The summed E-state index contributed by atoms with van der Waals surface area (Å²) in [5.74, 6) is 1.71. The first-order valence-electron chi connectivity index (χ1n) is 6.08. The Morgan fingerprint density at radius 1 is 1.39 bits per heavy atom.